The van der Waals surface area contributed by atoms with E-state index in [1.807, 2.05) is 18.2 Å². The van der Waals surface area contributed by atoms with E-state index in [0.717, 1.165) is 17.8 Å². The van der Waals surface area contributed by atoms with Gasteiger partial charge in [0.05, 0.1) is 10.9 Å². The Kier molecular flexibility index (Phi) is 2.54. The second kappa shape index (κ2) is 3.74. The van der Waals surface area contributed by atoms with Gasteiger partial charge >= 0.3 is 0 Å². The average molecular weight is 216 g/mol. The van der Waals surface area contributed by atoms with Crippen LogP contribution in [0.2, 0.25) is 0 Å². The molecule has 0 radical (unpaired) electrons. The molecule has 1 heterocycles. The van der Waals surface area contributed by atoms with Crippen molar-refractivity contribution in [3.8, 4) is 0 Å². The Hall–Kier alpha value is -1.64. The lowest BCUT2D eigenvalue weighted by Crippen LogP contribution is -2.17. The molecule has 0 unspecified atom stereocenters. The summed E-state index contributed by atoms with van der Waals surface area (Å²) < 4.78 is 0. The van der Waals surface area contributed by atoms with Gasteiger partial charge in [0.2, 0.25) is 0 Å². The Morgan fingerprint density at radius 1 is 1.25 bits per heavy atom. The monoisotopic (exact) mass is 216 g/mol. The Morgan fingerprint density at radius 3 is 2.62 bits per heavy atom. The van der Waals surface area contributed by atoms with Crippen molar-refractivity contribution in [2.75, 3.05) is 0 Å². The molecule has 0 aliphatic heterocycles. The summed E-state index contributed by atoms with van der Waals surface area (Å²) in [7, 11) is 0. The van der Waals surface area contributed by atoms with Crippen molar-refractivity contribution in [2.24, 2.45) is 5.41 Å². The van der Waals surface area contributed by atoms with E-state index in [1.54, 1.807) is 6.07 Å². The Bertz CT molecular complexity index is 564. The van der Waals surface area contributed by atoms with Crippen LogP contribution in [0.25, 0.3) is 10.9 Å². The zero-order valence-electron chi connectivity index (χ0n) is 9.87. The molecular weight excluding hydrogens is 200 g/mol. The molecule has 0 fully saturated rings. The fraction of sp³-hybridized carbons (Fsp3) is 0.385. The van der Waals surface area contributed by atoms with Gasteiger partial charge < -0.3 is 4.98 Å². The highest BCUT2D eigenvalue weighted by atomic mass is 16.1. The number of nitrogens with one attached hydrogen (secondary N) is 1. The first kappa shape index (κ1) is 10.9. The summed E-state index contributed by atoms with van der Waals surface area (Å²) in [6.45, 7) is 6.38. The summed E-state index contributed by atoms with van der Waals surface area (Å²) in [6.07, 6.45) is 0.771. The first-order chi connectivity index (χ1) is 7.46. The molecule has 0 aliphatic rings. The van der Waals surface area contributed by atoms with Crippen LogP contribution in [0.5, 0.6) is 0 Å². The van der Waals surface area contributed by atoms with Gasteiger partial charge in [-0.1, -0.05) is 32.9 Å². The van der Waals surface area contributed by atoms with Crippen molar-refractivity contribution in [2.45, 2.75) is 27.2 Å². The highest BCUT2D eigenvalue weighted by Gasteiger charge is 2.13. The van der Waals surface area contributed by atoms with Gasteiger partial charge in [0.15, 0.2) is 0 Å². The second-order valence-corrected chi connectivity index (χ2v) is 5.27. The number of benzene rings is 1. The van der Waals surface area contributed by atoms with Gasteiger partial charge in [-0.15, -0.1) is 0 Å². The quantitative estimate of drug-likeness (QED) is 0.796. The zero-order chi connectivity index (χ0) is 11.8. The Balaban J connectivity index is 2.54. The number of hydrogen-bond donors (Lipinski definition) is 1. The highest BCUT2D eigenvalue weighted by molar-refractivity contribution is 5.77. The van der Waals surface area contributed by atoms with Crippen molar-refractivity contribution in [3.63, 3.8) is 0 Å². The molecule has 1 aromatic carbocycles. The number of fused-ring (bicyclic) bond motifs is 1. The average Bonchev–Trinajstić information content (AvgIpc) is 2.15. The number of rotatable bonds is 1. The molecular formula is C13H16N2O. The standard InChI is InChI=1S/C13H16N2O/c1-13(2,3)8-11-14-10-7-5-4-6-9(10)12(16)15-11/h4-7H,8H2,1-3H3,(H,14,15,16). The fourth-order valence-electron chi connectivity index (χ4n) is 1.72. The Morgan fingerprint density at radius 2 is 1.94 bits per heavy atom. The lowest BCUT2D eigenvalue weighted by atomic mass is 9.92. The Labute approximate surface area is 94.5 Å². The fourth-order valence-corrected chi connectivity index (χ4v) is 1.72. The van der Waals surface area contributed by atoms with Crippen molar-refractivity contribution in [1.29, 1.82) is 0 Å². The van der Waals surface area contributed by atoms with E-state index in [1.165, 1.54) is 0 Å². The van der Waals surface area contributed by atoms with Crippen LogP contribution in [-0.4, -0.2) is 9.97 Å². The van der Waals surface area contributed by atoms with Crippen molar-refractivity contribution < 1.29 is 0 Å². The lowest BCUT2D eigenvalue weighted by Gasteiger charge is -2.16. The number of hydrogen-bond acceptors (Lipinski definition) is 2. The largest absolute Gasteiger partial charge is 0.310 e. The van der Waals surface area contributed by atoms with Crippen molar-refractivity contribution >= 4 is 10.9 Å². The third-order valence-electron chi connectivity index (χ3n) is 2.36. The topological polar surface area (TPSA) is 45.8 Å². The van der Waals surface area contributed by atoms with Crippen LogP contribution >= 0.6 is 0 Å². The van der Waals surface area contributed by atoms with Crippen LogP contribution < -0.4 is 5.56 Å². The minimum absolute atomic E-state index is 0.0511. The molecule has 0 saturated carbocycles. The van der Waals surface area contributed by atoms with Gasteiger partial charge in [0, 0.05) is 6.42 Å². The van der Waals surface area contributed by atoms with Crippen LogP contribution in [0.3, 0.4) is 0 Å². The van der Waals surface area contributed by atoms with Crippen LogP contribution in [0.1, 0.15) is 26.6 Å². The van der Waals surface area contributed by atoms with Crippen molar-refractivity contribution in [1.82, 2.24) is 9.97 Å². The number of H-pyrrole nitrogens is 1. The molecule has 2 aromatic rings. The van der Waals surface area contributed by atoms with Gasteiger partial charge in [-0.2, -0.15) is 0 Å². The maximum atomic E-state index is 11.8. The van der Waals surface area contributed by atoms with E-state index in [2.05, 4.69) is 30.7 Å². The molecule has 0 saturated heterocycles. The molecule has 1 aromatic heterocycles. The maximum absolute atomic E-state index is 11.8. The zero-order valence-corrected chi connectivity index (χ0v) is 9.87. The van der Waals surface area contributed by atoms with E-state index in [9.17, 15) is 4.79 Å². The van der Waals surface area contributed by atoms with Gasteiger partial charge in [0.25, 0.3) is 5.56 Å². The van der Waals surface area contributed by atoms with Gasteiger partial charge in [0.1, 0.15) is 5.82 Å². The van der Waals surface area contributed by atoms with E-state index in [0.29, 0.717) is 5.39 Å². The smallest absolute Gasteiger partial charge is 0.258 e. The van der Waals surface area contributed by atoms with E-state index >= 15 is 0 Å². The molecule has 0 amide bonds. The van der Waals surface area contributed by atoms with Gasteiger partial charge in [-0.25, -0.2) is 4.98 Å². The normalized spacial score (nSPS) is 11.9. The minimum atomic E-state index is -0.0511. The summed E-state index contributed by atoms with van der Waals surface area (Å²) in [4.78, 5) is 19.1. The third kappa shape index (κ3) is 2.30. The van der Waals surface area contributed by atoms with Crippen LogP contribution in [0.4, 0.5) is 0 Å². The highest BCUT2D eigenvalue weighted by Crippen LogP contribution is 2.18. The van der Waals surface area contributed by atoms with Crippen LogP contribution in [0.15, 0.2) is 29.1 Å². The number of aromatic nitrogens is 2. The van der Waals surface area contributed by atoms with Gasteiger partial charge in [-0.3, -0.25) is 4.79 Å². The number of para-hydroxylation sites is 1. The lowest BCUT2D eigenvalue weighted by molar-refractivity contribution is 0.401. The molecule has 3 nitrogen and oxygen atoms in total. The predicted molar refractivity (Wildman–Crippen MR) is 65.5 cm³/mol. The molecule has 84 valence electrons. The summed E-state index contributed by atoms with van der Waals surface area (Å²) in [5, 5.41) is 0.653. The molecule has 16 heavy (non-hydrogen) atoms. The molecule has 2 rings (SSSR count). The maximum Gasteiger partial charge on any atom is 0.258 e. The molecule has 0 atom stereocenters. The summed E-state index contributed by atoms with van der Waals surface area (Å²) >= 11 is 0. The third-order valence-corrected chi connectivity index (χ3v) is 2.36. The molecule has 0 spiro atoms. The van der Waals surface area contributed by atoms with Gasteiger partial charge in [-0.05, 0) is 17.5 Å². The first-order valence-corrected chi connectivity index (χ1v) is 5.44. The number of nitrogens with zero attached hydrogens (tertiary/aromatic N) is 1. The second-order valence-electron chi connectivity index (χ2n) is 5.27. The summed E-state index contributed by atoms with van der Waals surface area (Å²) in [5.41, 5.74) is 0.841. The predicted octanol–water partition coefficient (Wildman–Crippen LogP) is 2.51. The number of aromatic amines is 1. The first-order valence-electron chi connectivity index (χ1n) is 5.44. The molecule has 0 aliphatic carbocycles. The molecule has 3 heteroatoms. The van der Waals surface area contributed by atoms with Crippen LogP contribution in [0, 0.1) is 5.41 Å². The van der Waals surface area contributed by atoms with Crippen LogP contribution in [-0.2, 0) is 6.42 Å². The van der Waals surface area contributed by atoms with Crippen molar-refractivity contribution in [3.05, 3.63) is 40.4 Å². The van der Waals surface area contributed by atoms with E-state index < -0.39 is 0 Å². The molecule has 1 N–H and O–H groups in total. The van der Waals surface area contributed by atoms with E-state index in [4.69, 9.17) is 0 Å². The van der Waals surface area contributed by atoms with E-state index in [-0.39, 0.29) is 11.0 Å². The summed E-state index contributed by atoms with van der Waals surface area (Å²) in [5.74, 6) is 0.760. The summed E-state index contributed by atoms with van der Waals surface area (Å²) in [6, 6.07) is 7.41. The minimum Gasteiger partial charge on any atom is -0.310 e. The SMILES string of the molecule is CC(C)(C)Cc1nc2ccccc2c(=O)[nH]1. The molecule has 0 bridgehead atoms.